The summed E-state index contributed by atoms with van der Waals surface area (Å²) in [7, 11) is 0. The van der Waals surface area contributed by atoms with E-state index in [1.807, 2.05) is 13.3 Å². The summed E-state index contributed by atoms with van der Waals surface area (Å²) >= 11 is 0. The lowest BCUT2D eigenvalue weighted by atomic mass is 9.79. The molecule has 1 heterocycles. The second kappa shape index (κ2) is 5.34. The van der Waals surface area contributed by atoms with E-state index in [-0.39, 0.29) is 5.54 Å². The van der Waals surface area contributed by atoms with Gasteiger partial charge in [0.2, 0.25) is 0 Å². The second-order valence-electron chi connectivity index (χ2n) is 6.07. The van der Waals surface area contributed by atoms with Crippen molar-refractivity contribution in [3.05, 3.63) is 17.7 Å². The van der Waals surface area contributed by atoms with E-state index in [1.165, 1.54) is 5.69 Å². The first-order valence-corrected chi connectivity index (χ1v) is 7.16. The lowest BCUT2D eigenvalue weighted by molar-refractivity contribution is 0.217. The van der Waals surface area contributed by atoms with E-state index >= 15 is 0 Å². The Labute approximate surface area is 115 Å². The summed E-state index contributed by atoms with van der Waals surface area (Å²) in [6.45, 7) is 8.37. The molecule has 1 N–H and O–H groups in total. The monoisotopic (exact) mass is 260 g/mol. The Bertz CT molecular complexity index is 483. The van der Waals surface area contributed by atoms with E-state index in [4.69, 9.17) is 0 Å². The molecule has 0 bridgehead atoms. The second-order valence-corrected chi connectivity index (χ2v) is 6.07. The van der Waals surface area contributed by atoms with Crippen molar-refractivity contribution in [3.63, 3.8) is 0 Å². The molecule has 1 aromatic heterocycles. The molecule has 0 aliphatic heterocycles. The fourth-order valence-electron chi connectivity index (χ4n) is 3.18. The van der Waals surface area contributed by atoms with E-state index in [1.54, 1.807) is 0 Å². The van der Waals surface area contributed by atoms with Crippen molar-refractivity contribution in [2.45, 2.75) is 71.0 Å². The summed E-state index contributed by atoms with van der Waals surface area (Å²) in [5.41, 5.74) is 1.94. The molecule has 1 aliphatic carbocycles. The fourth-order valence-corrected chi connectivity index (χ4v) is 3.18. The normalized spacial score (nSPS) is 27.5. The Hall–Kier alpha value is -1.34. The minimum absolute atomic E-state index is 0.337. The third-order valence-corrected chi connectivity index (χ3v) is 4.18. The number of nitrogens with one attached hydrogen (secondary N) is 1. The van der Waals surface area contributed by atoms with Crippen LogP contribution in [0.25, 0.3) is 0 Å². The summed E-state index contributed by atoms with van der Waals surface area (Å²) in [6.07, 6.45) is 5.98. The van der Waals surface area contributed by atoms with E-state index in [2.05, 4.69) is 41.7 Å². The maximum atomic E-state index is 9.59. The van der Waals surface area contributed by atoms with Gasteiger partial charge in [-0.25, -0.2) is 4.98 Å². The third-order valence-electron chi connectivity index (χ3n) is 4.18. The highest BCUT2D eigenvalue weighted by Gasteiger charge is 2.37. The Morgan fingerprint density at radius 3 is 2.79 bits per heavy atom. The van der Waals surface area contributed by atoms with Gasteiger partial charge in [-0.15, -0.1) is 0 Å². The quantitative estimate of drug-likeness (QED) is 0.909. The van der Waals surface area contributed by atoms with Crippen LogP contribution in [-0.2, 0) is 0 Å². The number of aromatic nitrogens is 2. The number of imidazole rings is 1. The zero-order valence-electron chi connectivity index (χ0n) is 12.4. The summed E-state index contributed by atoms with van der Waals surface area (Å²) in [6, 6.07) is 3.26. The average molecular weight is 260 g/mol. The van der Waals surface area contributed by atoms with Gasteiger partial charge in [0, 0.05) is 17.8 Å². The molecule has 0 spiro atoms. The predicted octanol–water partition coefficient (Wildman–Crippen LogP) is 2.88. The van der Waals surface area contributed by atoms with Crippen LogP contribution in [0.5, 0.6) is 0 Å². The van der Waals surface area contributed by atoms with E-state index in [0.29, 0.717) is 12.1 Å². The van der Waals surface area contributed by atoms with Crippen molar-refractivity contribution < 1.29 is 0 Å². The van der Waals surface area contributed by atoms with Crippen molar-refractivity contribution in [2.75, 3.05) is 0 Å². The van der Waals surface area contributed by atoms with Crippen LogP contribution in [0, 0.1) is 25.2 Å². The van der Waals surface area contributed by atoms with Crippen molar-refractivity contribution >= 4 is 0 Å². The van der Waals surface area contributed by atoms with Crippen LogP contribution in [0.3, 0.4) is 0 Å². The number of nitrogens with zero attached hydrogens (tertiary/aromatic N) is 3. The van der Waals surface area contributed by atoms with Gasteiger partial charge in [-0.2, -0.15) is 5.26 Å². The molecular weight excluding hydrogens is 236 g/mol. The molecule has 1 fully saturated rings. The molecular formula is C15H24N4. The first-order valence-electron chi connectivity index (χ1n) is 7.16. The summed E-state index contributed by atoms with van der Waals surface area (Å²) in [5, 5.41) is 13.1. The molecule has 0 aromatic carbocycles. The topological polar surface area (TPSA) is 53.6 Å². The number of nitriles is 1. The van der Waals surface area contributed by atoms with Gasteiger partial charge in [0.05, 0.1) is 18.1 Å². The van der Waals surface area contributed by atoms with Crippen LogP contribution < -0.4 is 5.32 Å². The molecule has 0 amide bonds. The highest BCUT2D eigenvalue weighted by Crippen LogP contribution is 2.36. The zero-order chi connectivity index (χ0) is 14.0. The molecule has 1 aliphatic rings. The van der Waals surface area contributed by atoms with Crippen molar-refractivity contribution in [1.29, 1.82) is 5.26 Å². The maximum absolute atomic E-state index is 9.59. The molecule has 4 nitrogen and oxygen atoms in total. The van der Waals surface area contributed by atoms with Crippen LogP contribution in [0.4, 0.5) is 0 Å². The fraction of sp³-hybridized carbons (Fsp3) is 0.733. The maximum Gasteiger partial charge on any atom is 0.108 e. The number of rotatable bonds is 3. The van der Waals surface area contributed by atoms with E-state index < -0.39 is 0 Å². The van der Waals surface area contributed by atoms with Crippen molar-refractivity contribution in [3.8, 4) is 6.07 Å². The number of hydrogen-bond acceptors (Lipinski definition) is 3. The number of hydrogen-bond donors (Lipinski definition) is 1. The Kier molecular flexibility index (Phi) is 3.96. The van der Waals surface area contributed by atoms with Crippen LogP contribution in [0.2, 0.25) is 0 Å². The smallest absolute Gasteiger partial charge is 0.108 e. The Morgan fingerprint density at radius 2 is 2.26 bits per heavy atom. The van der Waals surface area contributed by atoms with Crippen molar-refractivity contribution in [2.24, 2.45) is 0 Å². The van der Waals surface area contributed by atoms with Gasteiger partial charge >= 0.3 is 0 Å². The van der Waals surface area contributed by atoms with Gasteiger partial charge in [0.25, 0.3) is 0 Å². The van der Waals surface area contributed by atoms with Gasteiger partial charge in [0.15, 0.2) is 0 Å². The van der Waals surface area contributed by atoms with Crippen molar-refractivity contribution in [1.82, 2.24) is 14.9 Å². The molecule has 0 radical (unpaired) electrons. The summed E-state index contributed by atoms with van der Waals surface area (Å²) in [4.78, 5) is 4.39. The van der Waals surface area contributed by atoms with Crippen LogP contribution >= 0.6 is 0 Å². The lowest BCUT2D eigenvalue weighted by Crippen LogP contribution is -2.50. The molecule has 2 unspecified atom stereocenters. The predicted molar refractivity (Wildman–Crippen MR) is 75.8 cm³/mol. The third kappa shape index (κ3) is 2.82. The first-order chi connectivity index (χ1) is 8.97. The molecule has 19 heavy (non-hydrogen) atoms. The molecule has 0 saturated heterocycles. The Morgan fingerprint density at radius 1 is 1.53 bits per heavy atom. The van der Waals surface area contributed by atoms with E-state index in [0.717, 1.165) is 31.4 Å². The van der Waals surface area contributed by atoms with E-state index in [9.17, 15) is 5.26 Å². The minimum atomic E-state index is -0.373. The summed E-state index contributed by atoms with van der Waals surface area (Å²) in [5.74, 6) is 0. The standard InChI is InChI=1S/C15H24N4/c1-11(2)18-15(9-16)7-5-6-14(8-15)19-10-17-12(3)13(19)4/h10-11,14,18H,5-8H2,1-4H3. The lowest BCUT2D eigenvalue weighted by Gasteiger charge is -2.38. The zero-order valence-corrected chi connectivity index (χ0v) is 12.4. The van der Waals surface area contributed by atoms with Crippen LogP contribution in [0.15, 0.2) is 6.33 Å². The minimum Gasteiger partial charge on any atom is -0.331 e. The first kappa shape index (κ1) is 14.1. The number of aryl methyl sites for hydroxylation is 1. The molecule has 1 saturated carbocycles. The molecule has 2 rings (SSSR count). The highest BCUT2D eigenvalue weighted by molar-refractivity contribution is 5.15. The highest BCUT2D eigenvalue weighted by atomic mass is 15.1. The van der Waals surface area contributed by atoms with Gasteiger partial charge in [-0.1, -0.05) is 0 Å². The van der Waals surface area contributed by atoms with Gasteiger partial charge in [-0.05, 0) is 53.4 Å². The van der Waals surface area contributed by atoms with Crippen LogP contribution in [0.1, 0.15) is 57.0 Å². The van der Waals surface area contributed by atoms with Crippen LogP contribution in [-0.4, -0.2) is 21.1 Å². The molecule has 2 atom stereocenters. The molecule has 104 valence electrons. The largest absolute Gasteiger partial charge is 0.331 e. The SMILES string of the molecule is Cc1ncn(C2CCCC(C#N)(NC(C)C)C2)c1C. The van der Waals surface area contributed by atoms with Gasteiger partial charge in [-0.3, -0.25) is 5.32 Å². The Balaban J connectivity index is 2.21. The molecule has 1 aromatic rings. The van der Waals surface area contributed by atoms with Gasteiger partial charge in [0.1, 0.15) is 5.54 Å². The average Bonchev–Trinajstić information content (AvgIpc) is 2.69. The molecule has 4 heteroatoms. The van der Waals surface area contributed by atoms with Gasteiger partial charge < -0.3 is 4.57 Å². The summed E-state index contributed by atoms with van der Waals surface area (Å²) < 4.78 is 2.25.